The van der Waals surface area contributed by atoms with Crippen LogP contribution in [0.25, 0.3) is 0 Å². The Morgan fingerprint density at radius 1 is 1.25 bits per heavy atom. The van der Waals surface area contributed by atoms with Gasteiger partial charge in [0.25, 0.3) is 0 Å². The molecule has 0 saturated heterocycles. The molecule has 4 heavy (non-hydrogen) atoms. The third-order valence-corrected chi connectivity index (χ3v) is 0.500. The summed E-state index contributed by atoms with van der Waals surface area (Å²) in [7, 11) is 1.08. The van der Waals surface area contributed by atoms with Crippen LogP contribution in [0.3, 0.4) is 0 Å². The minimum atomic E-state index is 0. The van der Waals surface area contributed by atoms with Gasteiger partial charge in [0.1, 0.15) is 0 Å². The molecule has 1 aliphatic rings. The summed E-state index contributed by atoms with van der Waals surface area (Å²) < 4.78 is 0. The van der Waals surface area contributed by atoms with E-state index in [-0.39, 0.29) is 23.1 Å². The topological polar surface area (TPSA) is 0 Å². The molecule has 1 rings (SSSR count). The number of hydrogen-bond donors (Lipinski definition) is 0. The Hall–Kier alpha value is 0.936. The van der Waals surface area contributed by atoms with Gasteiger partial charge in [0, 0.05) is 23.1 Å². The van der Waals surface area contributed by atoms with E-state index >= 15 is 0 Å². The standard InChI is InChI=1S/C2H3P.Mg/c1-2-3-1;/h1-3H;. The van der Waals surface area contributed by atoms with E-state index in [1.54, 1.807) is 0 Å². The van der Waals surface area contributed by atoms with Crippen molar-refractivity contribution in [3.63, 3.8) is 0 Å². The van der Waals surface area contributed by atoms with Crippen molar-refractivity contribution in [2.75, 3.05) is 0 Å². The van der Waals surface area contributed by atoms with Gasteiger partial charge in [0.2, 0.25) is 0 Å². The summed E-state index contributed by atoms with van der Waals surface area (Å²) in [6.45, 7) is 0. The van der Waals surface area contributed by atoms with Crippen LogP contribution in [0, 0.1) is 0 Å². The van der Waals surface area contributed by atoms with Crippen molar-refractivity contribution in [1.82, 2.24) is 0 Å². The van der Waals surface area contributed by atoms with Gasteiger partial charge in [-0.05, 0) is 0 Å². The second kappa shape index (κ2) is 2.19. The van der Waals surface area contributed by atoms with Crippen molar-refractivity contribution in [3.8, 4) is 0 Å². The molecule has 18 valence electrons. The average Bonchev–Trinajstić information content (AvgIpc) is 1.46. The van der Waals surface area contributed by atoms with Crippen LogP contribution in [0.4, 0.5) is 0 Å². The molecule has 2 radical (unpaired) electrons. The highest BCUT2D eigenvalue weighted by atomic mass is 31.1. The molecule has 0 bridgehead atoms. The molecule has 0 amide bonds. The maximum absolute atomic E-state index is 2.15. The number of rotatable bonds is 0. The van der Waals surface area contributed by atoms with E-state index < -0.39 is 0 Å². The van der Waals surface area contributed by atoms with Gasteiger partial charge < -0.3 is 0 Å². The second-order valence-corrected chi connectivity index (χ2v) is 1.50. The molecule has 0 aromatic heterocycles. The zero-order valence-corrected chi connectivity index (χ0v) is 4.78. The van der Waals surface area contributed by atoms with Crippen molar-refractivity contribution in [3.05, 3.63) is 11.6 Å². The Kier molecular flexibility index (Phi) is 2.70. The molecule has 0 atom stereocenters. The lowest BCUT2D eigenvalue weighted by molar-refractivity contribution is 2.81. The first-order valence-electron chi connectivity index (χ1n) is 0.911. The zero-order chi connectivity index (χ0) is 2.12. The van der Waals surface area contributed by atoms with Crippen LogP contribution in [0.5, 0.6) is 0 Å². The second-order valence-electron chi connectivity index (χ2n) is 0.500. The van der Waals surface area contributed by atoms with Crippen molar-refractivity contribution >= 4 is 31.6 Å². The molecule has 0 unspecified atom stereocenters. The molecule has 2 heteroatoms. The Morgan fingerprint density at radius 3 is 1.50 bits per heavy atom. The van der Waals surface area contributed by atoms with Crippen LogP contribution in [-0.4, -0.2) is 23.1 Å². The van der Waals surface area contributed by atoms with E-state index in [9.17, 15) is 0 Å². The Balaban J connectivity index is 0.0000000900. The highest BCUT2D eigenvalue weighted by molar-refractivity contribution is 7.53. The lowest BCUT2D eigenvalue weighted by Crippen LogP contribution is -0.553. The summed E-state index contributed by atoms with van der Waals surface area (Å²) in [5, 5.41) is 0. The van der Waals surface area contributed by atoms with Gasteiger partial charge in [-0.3, -0.25) is 0 Å². The average molecular weight is 82.3 g/mol. The molecular weight excluding hydrogens is 79.3 g/mol. The van der Waals surface area contributed by atoms with Crippen LogP contribution in [0.2, 0.25) is 0 Å². The van der Waals surface area contributed by atoms with Crippen LogP contribution in [0.1, 0.15) is 0 Å². The number of hydrogen-bond acceptors (Lipinski definition) is 0. The van der Waals surface area contributed by atoms with Gasteiger partial charge in [-0.25, -0.2) is 0 Å². The Morgan fingerprint density at radius 2 is 1.50 bits per heavy atom. The third kappa shape index (κ3) is 2.94. The first-order chi connectivity index (χ1) is 1.50. The van der Waals surface area contributed by atoms with E-state index in [1.807, 2.05) is 0 Å². The smallest absolute Gasteiger partial charge is 0 e. The summed E-state index contributed by atoms with van der Waals surface area (Å²) in [5.41, 5.74) is 0. The molecule has 1 aliphatic heterocycles. The van der Waals surface area contributed by atoms with E-state index in [0.717, 1.165) is 8.58 Å². The van der Waals surface area contributed by atoms with Gasteiger partial charge in [-0.15, -0.1) is 0 Å². The van der Waals surface area contributed by atoms with Crippen molar-refractivity contribution in [2.45, 2.75) is 0 Å². The molecule has 0 aromatic rings. The lowest BCUT2D eigenvalue weighted by Gasteiger charge is -1.17. The van der Waals surface area contributed by atoms with Gasteiger partial charge in [0.05, 0.1) is 0 Å². The van der Waals surface area contributed by atoms with E-state index in [0.29, 0.717) is 0 Å². The summed E-state index contributed by atoms with van der Waals surface area (Å²) in [4.78, 5) is 0. The molecule has 0 fully saturated rings. The van der Waals surface area contributed by atoms with Gasteiger partial charge >= 0.3 is 0 Å². The predicted molar refractivity (Wildman–Crippen MR) is 23.2 cm³/mol. The van der Waals surface area contributed by atoms with Crippen molar-refractivity contribution in [2.24, 2.45) is 0 Å². The third-order valence-electron chi connectivity index (χ3n) is 0.167. The monoisotopic (exact) mass is 82.0 g/mol. The fourth-order valence-electron chi connectivity index (χ4n) is 0. The fraction of sp³-hybridized carbons (Fsp3) is 0. The van der Waals surface area contributed by atoms with Gasteiger partial charge in [-0.2, -0.15) is 0 Å². The maximum Gasteiger partial charge on any atom is 0 e. The van der Waals surface area contributed by atoms with Crippen molar-refractivity contribution in [1.29, 1.82) is 0 Å². The highest BCUT2D eigenvalue weighted by Crippen LogP contribution is 2.28. The molecule has 0 spiro atoms. The Bertz CT molecular complexity index is 29.0. The lowest BCUT2D eigenvalue weighted by atomic mass is 11.3. The Labute approximate surface area is 43.6 Å². The van der Waals surface area contributed by atoms with Crippen LogP contribution < -0.4 is 0 Å². The minimum absolute atomic E-state index is 0. The first kappa shape index (κ1) is 4.94. The summed E-state index contributed by atoms with van der Waals surface area (Å²) in [5.74, 6) is 4.31. The SMILES string of the molecule is C1=CP1.[Mg]. The van der Waals surface area contributed by atoms with Crippen LogP contribution in [0.15, 0.2) is 11.6 Å². The quantitative estimate of drug-likeness (QED) is 0.299. The summed E-state index contributed by atoms with van der Waals surface area (Å²) in [6.07, 6.45) is 0. The fourth-order valence-corrected chi connectivity index (χ4v) is 0. The van der Waals surface area contributed by atoms with Crippen LogP contribution in [-0.2, 0) is 0 Å². The van der Waals surface area contributed by atoms with E-state index in [1.165, 1.54) is 0 Å². The summed E-state index contributed by atoms with van der Waals surface area (Å²) in [6, 6.07) is 0. The predicted octanol–water partition coefficient (Wildman–Crippen LogP) is 0.769. The largest absolute Gasteiger partial charge is 0.0748 e. The molecule has 0 aromatic carbocycles. The van der Waals surface area contributed by atoms with Crippen LogP contribution >= 0.6 is 8.58 Å². The minimum Gasteiger partial charge on any atom is -0.0748 e. The first-order valence-corrected chi connectivity index (χ1v) is 2.07. The van der Waals surface area contributed by atoms with E-state index in [2.05, 4.69) is 11.6 Å². The molecular formula is C2H3MgP. The molecule has 0 aliphatic carbocycles. The van der Waals surface area contributed by atoms with Crippen molar-refractivity contribution < 1.29 is 0 Å². The van der Waals surface area contributed by atoms with E-state index in [4.69, 9.17) is 0 Å². The van der Waals surface area contributed by atoms with Gasteiger partial charge in [0.15, 0.2) is 0 Å². The maximum atomic E-state index is 2.15. The highest BCUT2D eigenvalue weighted by Gasteiger charge is 1.75. The zero-order valence-electron chi connectivity index (χ0n) is 2.36. The molecule has 0 nitrogen and oxygen atoms in total. The molecule has 0 N–H and O–H groups in total. The molecule has 1 heterocycles. The summed E-state index contributed by atoms with van der Waals surface area (Å²) >= 11 is 0. The normalized spacial score (nSPS) is 14.0. The van der Waals surface area contributed by atoms with Gasteiger partial charge in [-0.1, -0.05) is 20.2 Å². The molecule has 0 saturated carbocycles.